The molecule has 6 nitrogen and oxygen atoms in total. The number of carbonyl (C=O) groups excluding carboxylic acids is 1. The Morgan fingerprint density at radius 3 is 2.48 bits per heavy atom. The standard InChI is InChI=1S/C16H14Cl3N5O/c1-2-23-9-14(19)15(22-23)16(25)21-10-6-20-24(7-10)8-11-12(17)4-3-5-13(11)18/h3-7,9H,2,8H2,1H3,(H,21,25). The molecule has 0 spiro atoms. The first-order chi connectivity index (χ1) is 12.0. The topological polar surface area (TPSA) is 64.7 Å². The number of anilines is 1. The van der Waals surface area contributed by atoms with E-state index in [2.05, 4.69) is 15.5 Å². The molecule has 1 amide bonds. The Labute approximate surface area is 159 Å². The van der Waals surface area contributed by atoms with Crippen molar-refractivity contribution in [3.05, 3.63) is 63.1 Å². The summed E-state index contributed by atoms with van der Waals surface area (Å²) in [7, 11) is 0. The van der Waals surface area contributed by atoms with Gasteiger partial charge in [0.05, 0.1) is 23.5 Å². The second-order valence-corrected chi connectivity index (χ2v) is 6.48. The first-order valence-electron chi connectivity index (χ1n) is 7.47. The summed E-state index contributed by atoms with van der Waals surface area (Å²) in [4.78, 5) is 12.3. The SMILES string of the molecule is CCn1cc(Cl)c(C(=O)Nc2cnn(Cc3c(Cl)cccc3Cl)c2)n1. The smallest absolute Gasteiger partial charge is 0.277 e. The summed E-state index contributed by atoms with van der Waals surface area (Å²) >= 11 is 18.4. The summed E-state index contributed by atoms with van der Waals surface area (Å²) in [6, 6.07) is 5.31. The van der Waals surface area contributed by atoms with E-state index in [-0.39, 0.29) is 5.69 Å². The quantitative estimate of drug-likeness (QED) is 0.694. The van der Waals surface area contributed by atoms with E-state index < -0.39 is 5.91 Å². The molecule has 130 valence electrons. The van der Waals surface area contributed by atoms with Crippen molar-refractivity contribution < 1.29 is 4.79 Å². The minimum atomic E-state index is -0.396. The predicted octanol–water partition coefficient (Wildman–Crippen LogP) is 4.36. The van der Waals surface area contributed by atoms with Crippen molar-refractivity contribution in [3.63, 3.8) is 0 Å². The van der Waals surface area contributed by atoms with Gasteiger partial charge in [0.25, 0.3) is 5.91 Å². The molecular weight excluding hydrogens is 385 g/mol. The summed E-state index contributed by atoms with van der Waals surface area (Å²) < 4.78 is 3.23. The number of aryl methyl sites for hydroxylation is 1. The lowest BCUT2D eigenvalue weighted by Crippen LogP contribution is -2.13. The first kappa shape index (κ1) is 17.8. The fraction of sp³-hybridized carbons (Fsp3) is 0.188. The highest BCUT2D eigenvalue weighted by Gasteiger charge is 2.16. The average molecular weight is 399 g/mol. The van der Waals surface area contributed by atoms with Gasteiger partial charge >= 0.3 is 0 Å². The number of halogens is 3. The summed E-state index contributed by atoms with van der Waals surface area (Å²) in [5.74, 6) is -0.396. The van der Waals surface area contributed by atoms with Crippen molar-refractivity contribution in [3.8, 4) is 0 Å². The molecule has 0 saturated heterocycles. The van der Waals surface area contributed by atoms with Crippen LogP contribution in [0.5, 0.6) is 0 Å². The number of amides is 1. The Bertz CT molecular complexity index is 898. The normalized spacial score (nSPS) is 10.9. The molecule has 3 rings (SSSR count). The van der Waals surface area contributed by atoms with Crippen LogP contribution in [0.4, 0.5) is 5.69 Å². The van der Waals surface area contributed by atoms with Crippen LogP contribution in [0.1, 0.15) is 23.0 Å². The minimum absolute atomic E-state index is 0.172. The molecule has 0 saturated carbocycles. The van der Waals surface area contributed by atoms with Crippen LogP contribution in [-0.4, -0.2) is 25.5 Å². The van der Waals surface area contributed by atoms with Crippen LogP contribution in [-0.2, 0) is 13.1 Å². The number of carbonyl (C=O) groups is 1. The van der Waals surface area contributed by atoms with Gasteiger partial charge in [0, 0.05) is 34.5 Å². The van der Waals surface area contributed by atoms with Crippen LogP contribution in [0.2, 0.25) is 15.1 Å². The maximum Gasteiger partial charge on any atom is 0.277 e. The monoisotopic (exact) mass is 397 g/mol. The first-order valence-corrected chi connectivity index (χ1v) is 8.61. The van der Waals surface area contributed by atoms with E-state index in [1.165, 1.54) is 6.20 Å². The lowest BCUT2D eigenvalue weighted by molar-refractivity contribution is 0.102. The van der Waals surface area contributed by atoms with Crippen molar-refractivity contribution in [2.45, 2.75) is 20.0 Å². The van der Waals surface area contributed by atoms with Gasteiger partial charge in [0.1, 0.15) is 0 Å². The van der Waals surface area contributed by atoms with Crippen LogP contribution in [0.3, 0.4) is 0 Å². The fourth-order valence-electron chi connectivity index (χ4n) is 2.26. The van der Waals surface area contributed by atoms with Gasteiger partial charge in [-0.3, -0.25) is 14.2 Å². The zero-order valence-electron chi connectivity index (χ0n) is 13.2. The third-order valence-corrected chi connectivity index (χ3v) is 4.51. The molecule has 25 heavy (non-hydrogen) atoms. The predicted molar refractivity (Wildman–Crippen MR) is 98.7 cm³/mol. The highest BCUT2D eigenvalue weighted by molar-refractivity contribution is 6.36. The van der Waals surface area contributed by atoms with Gasteiger partial charge in [-0.25, -0.2) is 0 Å². The van der Waals surface area contributed by atoms with Crippen molar-refractivity contribution in [2.75, 3.05) is 5.32 Å². The lowest BCUT2D eigenvalue weighted by Gasteiger charge is -2.06. The molecule has 3 aromatic rings. The average Bonchev–Trinajstić information content (AvgIpc) is 3.17. The molecule has 0 radical (unpaired) electrons. The van der Waals surface area contributed by atoms with Crippen LogP contribution < -0.4 is 5.32 Å². The van der Waals surface area contributed by atoms with E-state index in [0.717, 1.165) is 5.56 Å². The number of nitrogens with one attached hydrogen (secondary N) is 1. The zero-order chi connectivity index (χ0) is 18.0. The molecule has 0 atom stereocenters. The molecule has 0 aliphatic carbocycles. The Kier molecular flexibility index (Phi) is 5.32. The van der Waals surface area contributed by atoms with Gasteiger partial charge in [-0.1, -0.05) is 40.9 Å². The number of hydrogen-bond donors (Lipinski definition) is 1. The Hall–Kier alpha value is -2.02. The number of rotatable bonds is 5. The van der Waals surface area contributed by atoms with Gasteiger partial charge in [-0.2, -0.15) is 10.2 Å². The van der Waals surface area contributed by atoms with Crippen molar-refractivity contribution in [2.24, 2.45) is 0 Å². The molecule has 9 heteroatoms. The van der Waals surface area contributed by atoms with Crippen LogP contribution in [0.15, 0.2) is 36.8 Å². The molecular formula is C16H14Cl3N5O. The van der Waals surface area contributed by atoms with E-state index in [4.69, 9.17) is 34.8 Å². The molecule has 0 fully saturated rings. The largest absolute Gasteiger partial charge is 0.318 e. The molecule has 1 N–H and O–H groups in total. The maximum atomic E-state index is 12.3. The zero-order valence-corrected chi connectivity index (χ0v) is 15.5. The molecule has 0 aliphatic rings. The summed E-state index contributed by atoms with van der Waals surface area (Å²) in [6.45, 7) is 2.93. The Balaban J connectivity index is 1.73. The van der Waals surface area contributed by atoms with E-state index in [9.17, 15) is 4.79 Å². The fourth-order valence-corrected chi connectivity index (χ4v) is 3.02. The highest BCUT2D eigenvalue weighted by Crippen LogP contribution is 2.25. The van der Waals surface area contributed by atoms with Crippen LogP contribution >= 0.6 is 34.8 Å². The summed E-state index contributed by atoms with van der Waals surface area (Å²) in [5, 5.41) is 12.5. The minimum Gasteiger partial charge on any atom is -0.318 e. The third-order valence-electron chi connectivity index (χ3n) is 3.53. The third kappa shape index (κ3) is 3.98. The van der Waals surface area contributed by atoms with Crippen molar-refractivity contribution in [1.82, 2.24) is 19.6 Å². The maximum absolute atomic E-state index is 12.3. The summed E-state index contributed by atoms with van der Waals surface area (Å²) in [5.41, 5.74) is 1.46. The second kappa shape index (κ2) is 7.47. The van der Waals surface area contributed by atoms with E-state index in [1.54, 1.807) is 40.0 Å². The Morgan fingerprint density at radius 1 is 1.12 bits per heavy atom. The number of hydrogen-bond acceptors (Lipinski definition) is 3. The van der Waals surface area contributed by atoms with Gasteiger partial charge < -0.3 is 5.32 Å². The number of aromatic nitrogens is 4. The lowest BCUT2D eigenvalue weighted by atomic mass is 10.2. The molecule has 2 aromatic heterocycles. The molecule has 0 unspecified atom stereocenters. The number of nitrogens with zero attached hydrogens (tertiary/aromatic N) is 4. The van der Waals surface area contributed by atoms with Crippen LogP contribution in [0.25, 0.3) is 0 Å². The molecule has 0 bridgehead atoms. The van der Waals surface area contributed by atoms with Gasteiger partial charge in [-0.15, -0.1) is 0 Å². The molecule has 0 aliphatic heterocycles. The molecule has 1 aromatic carbocycles. The van der Waals surface area contributed by atoms with Gasteiger partial charge in [0.2, 0.25) is 0 Å². The Morgan fingerprint density at radius 2 is 1.84 bits per heavy atom. The van der Waals surface area contributed by atoms with E-state index >= 15 is 0 Å². The highest BCUT2D eigenvalue weighted by atomic mass is 35.5. The van der Waals surface area contributed by atoms with Crippen molar-refractivity contribution in [1.29, 1.82) is 0 Å². The van der Waals surface area contributed by atoms with Gasteiger partial charge in [-0.05, 0) is 19.1 Å². The summed E-state index contributed by atoms with van der Waals surface area (Å²) in [6.07, 6.45) is 4.83. The van der Waals surface area contributed by atoms with E-state index in [0.29, 0.717) is 33.8 Å². The number of benzene rings is 1. The molecule has 2 heterocycles. The van der Waals surface area contributed by atoms with Gasteiger partial charge in [0.15, 0.2) is 5.69 Å². The second-order valence-electron chi connectivity index (χ2n) is 5.26. The van der Waals surface area contributed by atoms with Crippen LogP contribution in [0, 0.1) is 0 Å². The van der Waals surface area contributed by atoms with E-state index in [1.807, 2.05) is 6.92 Å². The van der Waals surface area contributed by atoms with Crippen molar-refractivity contribution >= 4 is 46.4 Å².